The Morgan fingerprint density at radius 2 is 1.94 bits per heavy atom. The first-order chi connectivity index (χ1) is 16.7. The molecule has 1 aliphatic rings. The Balaban J connectivity index is 1.25. The molecule has 4 rings (SSSR count). The maximum Gasteiger partial charge on any atom is 0.419 e. The predicted molar refractivity (Wildman–Crippen MR) is 134 cm³/mol. The number of aromatic nitrogens is 1. The van der Waals surface area contributed by atoms with Crippen LogP contribution in [-0.2, 0) is 21.4 Å². The highest BCUT2D eigenvalue weighted by atomic mass is 32.2. The van der Waals surface area contributed by atoms with Crippen molar-refractivity contribution in [1.82, 2.24) is 14.2 Å². The molecule has 2 aromatic carbocycles. The van der Waals surface area contributed by atoms with Gasteiger partial charge in [-0.05, 0) is 57.3 Å². The Bertz CT molecular complexity index is 1420. The highest BCUT2D eigenvalue weighted by Gasteiger charge is 2.29. The average Bonchev–Trinajstić information content (AvgIpc) is 3.26. The molecule has 10 nitrogen and oxygen atoms in total. The number of sulfonamides is 1. The van der Waals surface area contributed by atoms with Crippen LogP contribution in [0.15, 0.2) is 61.6 Å². The van der Waals surface area contributed by atoms with Gasteiger partial charge in [0.05, 0.1) is 10.4 Å². The van der Waals surface area contributed by atoms with Crippen LogP contribution in [0.5, 0.6) is 0 Å². The zero-order valence-electron chi connectivity index (χ0n) is 19.8. The summed E-state index contributed by atoms with van der Waals surface area (Å²) in [6, 6.07) is 11.9. The molecular weight excluding hydrogens is 470 g/mol. The molecule has 2 heterocycles. The molecule has 0 spiro atoms. The molecule has 1 amide bonds. The summed E-state index contributed by atoms with van der Waals surface area (Å²) in [6.07, 6.45) is 2.55. The molecule has 2 N–H and O–H groups in total. The summed E-state index contributed by atoms with van der Waals surface area (Å²) in [7, 11) is 0.337. The van der Waals surface area contributed by atoms with Gasteiger partial charge in [-0.1, -0.05) is 18.6 Å². The van der Waals surface area contributed by atoms with Crippen LogP contribution in [0.4, 0.5) is 5.69 Å². The summed E-state index contributed by atoms with van der Waals surface area (Å²) in [6.45, 7) is 1.65. The van der Waals surface area contributed by atoms with Gasteiger partial charge in [-0.15, -0.1) is 0 Å². The predicted octanol–water partition coefficient (Wildman–Crippen LogP) is 2.39. The number of aliphatic imine (C=N–C) groups is 1. The Morgan fingerprint density at radius 3 is 2.74 bits per heavy atom. The number of anilines is 1. The fourth-order valence-electron chi connectivity index (χ4n) is 3.89. The SMILES string of the molecule is CN(C)CCn1c(=O)oc2ccc(NC(=O)CCCCCN=C3NS(=O)(=O)c4ccccc43)cc21. The minimum atomic E-state index is -3.53. The van der Waals surface area contributed by atoms with Gasteiger partial charge in [0.15, 0.2) is 5.58 Å². The van der Waals surface area contributed by atoms with E-state index in [1.807, 2.05) is 19.0 Å². The third-order valence-electron chi connectivity index (χ3n) is 5.72. The lowest BCUT2D eigenvalue weighted by Gasteiger charge is -2.10. The zero-order valence-corrected chi connectivity index (χ0v) is 20.6. The van der Waals surface area contributed by atoms with E-state index < -0.39 is 15.8 Å². The molecule has 0 saturated heterocycles. The molecule has 3 aromatic rings. The van der Waals surface area contributed by atoms with Crippen molar-refractivity contribution in [2.45, 2.75) is 37.1 Å². The fraction of sp³-hybridized carbons (Fsp3) is 0.375. The number of oxazole rings is 1. The summed E-state index contributed by atoms with van der Waals surface area (Å²) in [5, 5.41) is 2.88. The number of benzene rings is 2. The maximum atomic E-state index is 12.4. The second-order valence-electron chi connectivity index (χ2n) is 8.70. The molecule has 1 aromatic heterocycles. The molecule has 0 bridgehead atoms. The van der Waals surface area contributed by atoms with Crippen molar-refractivity contribution in [3.63, 3.8) is 0 Å². The molecule has 0 atom stereocenters. The van der Waals surface area contributed by atoms with E-state index in [0.29, 0.717) is 60.7 Å². The third-order valence-corrected chi connectivity index (χ3v) is 7.11. The van der Waals surface area contributed by atoms with Crippen LogP contribution >= 0.6 is 0 Å². The minimum Gasteiger partial charge on any atom is -0.408 e. The first-order valence-electron chi connectivity index (χ1n) is 11.5. The fourth-order valence-corrected chi connectivity index (χ4v) is 5.14. The van der Waals surface area contributed by atoms with Crippen LogP contribution in [0.3, 0.4) is 0 Å². The normalized spacial score (nSPS) is 15.5. The van der Waals surface area contributed by atoms with Gasteiger partial charge < -0.3 is 14.6 Å². The van der Waals surface area contributed by atoms with E-state index in [0.717, 1.165) is 12.8 Å². The summed E-state index contributed by atoms with van der Waals surface area (Å²) < 4.78 is 33.6. The van der Waals surface area contributed by atoms with E-state index in [2.05, 4.69) is 15.0 Å². The highest BCUT2D eigenvalue weighted by molar-refractivity contribution is 7.90. The second-order valence-corrected chi connectivity index (χ2v) is 10.3. The van der Waals surface area contributed by atoms with E-state index in [1.54, 1.807) is 47.0 Å². The lowest BCUT2D eigenvalue weighted by Crippen LogP contribution is -2.23. The van der Waals surface area contributed by atoms with Gasteiger partial charge in [0.1, 0.15) is 5.84 Å². The lowest BCUT2D eigenvalue weighted by atomic mass is 10.1. The van der Waals surface area contributed by atoms with Gasteiger partial charge in [-0.25, -0.2) is 13.2 Å². The Kier molecular flexibility index (Phi) is 7.37. The van der Waals surface area contributed by atoms with Crippen molar-refractivity contribution < 1.29 is 17.6 Å². The van der Waals surface area contributed by atoms with Crippen LogP contribution < -0.4 is 15.8 Å². The number of likely N-dealkylation sites (N-methyl/N-ethyl adjacent to an activating group) is 1. The number of carbonyl (C=O) groups is 1. The molecular formula is C24H29N5O5S. The van der Waals surface area contributed by atoms with E-state index >= 15 is 0 Å². The zero-order chi connectivity index (χ0) is 25.0. The quantitative estimate of drug-likeness (QED) is 0.413. The van der Waals surface area contributed by atoms with Gasteiger partial charge in [0.25, 0.3) is 10.0 Å². The van der Waals surface area contributed by atoms with Crippen molar-refractivity contribution in [3.05, 3.63) is 58.6 Å². The summed E-state index contributed by atoms with van der Waals surface area (Å²) in [5.41, 5.74) is 2.34. The molecule has 1 aliphatic heterocycles. The van der Waals surface area contributed by atoms with Crippen molar-refractivity contribution in [2.75, 3.05) is 32.5 Å². The molecule has 0 aliphatic carbocycles. The van der Waals surface area contributed by atoms with Crippen molar-refractivity contribution >= 4 is 38.6 Å². The van der Waals surface area contributed by atoms with Gasteiger partial charge >= 0.3 is 5.76 Å². The second kappa shape index (κ2) is 10.4. The van der Waals surface area contributed by atoms with E-state index in [1.165, 1.54) is 0 Å². The van der Waals surface area contributed by atoms with Crippen LogP contribution in [-0.4, -0.2) is 56.8 Å². The van der Waals surface area contributed by atoms with Crippen LogP contribution in [0, 0.1) is 0 Å². The number of hydrogen-bond donors (Lipinski definition) is 2. The smallest absolute Gasteiger partial charge is 0.408 e. The number of unbranched alkanes of at least 4 members (excludes halogenated alkanes) is 2. The van der Waals surface area contributed by atoms with Crippen molar-refractivity contribution in [1.29, 1.82) is 0 Å². The molecule has 0 saturated carbocycles. The molecule has 0 radical (unpaired) electrons. The molecule has 0 fully saturated rings. The number of amidine groups is 1. The number of hydrogen-bond acceptors (Lipinski definition) is 7. The van der Waals surface area contributed by atoms with Gasteiger partial charge in [-0.3, -0.25) is 19.1 Å². The number of fused-ring (bicyclic) bond motifs is 2. The monoisotopic (exact) mass is 499 g/mol. The Morgan fingerprint density at radius 1 is 1.14 bits per heavy atom. The van der Waals surface area contributed by atoms with Crippen LogP contribution in [0.25, 0.3) is 11.1 Å². The largest absolute Gasteiger partial charge is 0.419 e. The van der Waals surface area contributed by atoms with Gasteiger partial charge in [0, 0.05) is 37.3 Å². The minimum absolute atomic E-state index is 0.112. The summed E-state index contributed by atoms with van der Waals surface area (Å²) >= 11 is 0. The molecule has 35 heavy (non-hydrogen) atoms. The third kappa shape index (κ3) is 5.80. The molecule has 186 valence electrons. The van der Waals surface area contributed by atoms with Crippen LogP contribution in [0.2, 0.25) is 0 Å². The maximum absolute atomic E-state index is 12.4. The Labute approximate surface area is 203 Å². The topological polar surface area (TPSA) is 126 Å². The van der Waals surface area contributed by atoms with Gasteiger partial charge in [0.2, 0.25) is 5.91 Å². The van der Waals surface area contributed by atoms with Crippen LogP contribution in [0.1, 0.15) is 31.2 Å². The number of nitrogens with zero attached hydrogens (tertiary/aromatic N) is 3. The average molecular weight is 500 g/mol. The van der Waals surface area contributed by atoms with Crippen molar-refractivity contribution in [2.24, 2.45) is 4.99 Å². The lowest BCUT2D eigenvalue weighted by molar-refractivity contribution is -0.116. The van der Waals surface area contributed by atoms with Crippen molar-refractivity contribution in [3.8, 4) is 0 Å². The summed E-state index contributed by atoms with van der Waals surface area (Å²) in [4.78, 5) is 31.2. The first-order valence-corrected chi connectivity index (χ1v) is 13.0. The molecule has 0 unspecified atom stereocenters. The number of amides is 1. The highest BCUT2D eigenvalue weighted by Crippen LogP contribution is 2.22. The summed E-state index contributed by atoms with van der Waals surface area (Å²) in [5.74, 6) is -0.154. The van der Waals surface area contributed by atoms with Gasteiger partial charge in [-0.2, -0.15) is 0 Å². The Hall–Kier alpha value is -3.44. The first kappa shape index (κ1) is 24.7. The van der Waals surface area contributed by atoms with E-state index in [9.17, 15) is 18.0 Å². The van der Waals surface area contributed by atoms with E-state index in [-0.39, 0.29) is 10.8 Å². The van der Waals surface area contributed by atoms with E-state index in [4.69, 9.17) is 4.42 Å². The standard InChI is InChI=1S/C24H29N5O5S/c1-28(2)14-15-29-19-16-17(11-12-20(19)34-24(29)31)26-22(30)10-4-3-7-13-25-23-18-8-5-6-9-21(18)35(32,33)27-23/h5-6,8-9,11-12,16H,3-4,7,10,13-15H2,1-2H3,(H,25,27)(H,26,30). The number of rotatable bonds is 10. The number of carbonyl (C=O) groups excluding carboxylic acids is 1. The molecule has 11 heteroatoms. The number of nitrogens with one attached hydrogen (secondary N) is 2.